The molecule has 57 heavy (non-hydrogen) atoms. The number of carbonyl (C=O) groups excluding carboxylic acids is 6. The number of ether oxygens (including phenoxy) is 2. The molecule has 2 fully saturated rings. The number of likely N-dealkylation sites (tertiary alicyclic amines) is 2. The molecule has 0 saturated carbocycles. The van der Waals surface area contributed by atoms with Crippen LogP contribution in [0.5, 0.6) is 11.5 Å². The van der Waals surface area contributed by atoms with Gasteiger partial charge in [-0.25, -0.2) is 18.4 Å². The van der Waals surface area contributed by atoms with Crippen molar-refractivity contribution in [2.45, 2.75) is 77.5 Å². The highest BCUT2D eigenvalue weighted by Gasteiger charge is 2.40. The van der Waals surface area contributed by atoms with Crippen LogP contribution in [0, 0.1) is 23.5 Å². The number of hydrogen-bond donors (Lipinski definition) is 4. The SMILES string of the molecule is COC(=O)N[C@@H](C(=O)N1CCC[C@H]1C(=O)Nc1ccc(F)c(OS(=O)(=O)Oc2cc(NC(=O)[C@@H]3CCCN3C(=O)[C@H](NC(=O)OC)C(C)C)ccc2F)c1)C(C)C. The molecule has 6 amide bonds. The molecule has 0 radical (unpaired) electrons. The summed E-state index contributed by atoms with van der Waals surface area (Å²) in [5.41, 5.74) is -0.231. The first-order valence-corrected chi connectivity index (χ1v) is 19.3. The number of rotatable bonds is 14. The molecule has 0 spiro atoms. The van der Waals surface area contributed by atoms with Crippen LogP contribution in [0.15, 0.2) is 36.4 Å². The number of amides is 6. The summed E-state index contributed by atoms with van der Waals surface area (Å²) >= 11 is 0. The molecule has 2 aromatic carbocycles. The summed E-state index contributed by atoms with van der Waals surface area (Å²) in [6.45, 7) is 7.25. The summed E-state index contributed by atoms with van der Waals surface area (Å²) in [6.07, 6.45) is -0.178. The van der Waals surface area contributed by atoms with Gasteiger partial charge in [0, 0.05) is 36.6 Å². The van der Waals surface area contributed by atoms with Gasteiger partial charge in [0.2, 0.25) is 23.6 Å². The van der Waals surface area contributed by atoms with Gasteiger partial charge in [0.1, 0.15) is 24.2 Å². The van der Waals surface area contributed by atoms with Gasteiger partial charge in [0.25, 0.3) is 0 Å². The molecule has 0 aliphatic carbocycles. The average Bonchev–Trinajstić information content (AvgIpc) is 3.85. The first kappa shape index (κ1) is 44.0. The number of hydrogen-bond acceptors (Lipinski definition) is 12. The molecule has 2 aliphatic heterocycles. The lowest BCUT2D eigenvalue weighted by molar-refractivity contribution is -0.139. The van der Waals surface area contributed by atoms with Crippen molar-refractivity contribution in [2.24, 2.45) is 11.8 Å². The molecule has 2 aromatic rings. The highest BCUT2D eigenvalue weighted by Crippen LogP contribution is 2.29. The molecule has 4 atom stereocenters. The molecule has 2 saturated heterocycles. The highest BCUT2D eigenvalue weighted by molar-refractivity contribution is 7.82. The zero-order valence-electron chi connectivity index (χ0n) is 32.1. The van der Waals surface area contributed by atoms with Crippen LogP contribution in [0.1, 0.15) is 53.4 Å². The number of anilines is 2. The Kier molecular flexibility index (Phi) is 14.6. The molecule has 312 valence electrons. The molecule has 0 unspecified atom stereocenters. The molecular formula is C36H46F2N6O12S. The second kappa shape index (κ2) is 18.9. The lowest BCUT2D eigenvalue weighted by Gasteiger charge is -2.30. The van der Waals surface area contributed by atoms with Crippen LogP contribution in [0.25, 0.3) is 0 Å². The van der Waals surface area contributed by atoms with E-state index in [4.69, 9.17) is 8.37 Å². The van der Waals surface area contributed by atoms with Crippen LogP contribution >= 0.6 is 0 Å². The van der Waals surface area contributed by atoms with E-state index >= 15 is 0 Å². The number of benzene rings is 2. The van der Waals surface area contributed by atoms with Crippen LogP contribution in [0.2, 0.25) is 0 Å². The van der Waals surface area contributed by atoms with Crippen molar-refractivity contribution in [3.05, 3.63) is 48.0 Å². The van der Waals surface area contributed by atoms with Gasteiger partial charge >= 0.3 is 22.6 Å². The van der Waals surface area contributed by atoms with Gasteiger partial charge in [-0.2, -0.15) is 0 Å². The molecule has 4 rings (SSSR count). The fraction of sp³-hybridized carbons (Fsp3) is 0.500. The first-order valence-electron chi connectivity index (χ1n) is 18.0. The minimum atomic E-state index is -5.26. The van der Waals surface area contributed by atoms with E-state index in [1.807, 2.05) is 0 Å². The van der Waals surface area contributed by atoms with Crippen molar-refractivity contribution in [3.63, 3.8) is 0 Å². The van der Waals surface area contributed by atoms with E-state index < -0.39 is 93.5 Å². The quantitative estimate of drug-likeness (QED) is 0.215. The Morgan fingerprint density at radius 3 is 1.37 bits per heavy atom. The topological polar surface area (TPSA) is 228 Å². The number of alkyl carbamates (subject to hydrolysis) is 2. The molecular weight excluding hydrogens is 778 g/mol. The third kappa shape index (κ3) is 11.2. The molecule has 2 heterocycles. The maximum atomic E-state index is 14.8. The third-order valence-corrected chi connectivity index (χ3v) is 10.0. The van der Waals surface area contributed by atoms with Gasteiger partial charge in [-0.05, 0) is 61.8 Å². The predicted octanol–water partition coefficient (Wildman–Crippen LogP) is 3.29. The fourth-order valence-electron chi connectivity index (χ4n) is 6.34. The van der Waals surface area contributed by atoms with Crippen molar-refractivity contribution in [3.8, 4) is 11.5 Å². The second-order valence-electron chi connectivity index (χ2n) is 13.9. The smallest absolute Gasteiger partial charge is 0.453 e. The summed E-state index contributed by atoms with van der Waals surface area (Å²) in [7, 11) is -2.96. The zero-order chi connectivity index (χ0) is 42.2. The van der Waals surface area contributed by atoms with E-state index in [2.05, 4.69) is 30.7 Å². The minimum Gasteiger partial charge on any atom is -0.453 e. The lowest BCUT2D eigenvalue weighted by Crippen LogP contribution is -2.54. The molecule has 2 aliphatic rings. The second-order valence-corrected chi connectivity index (χ2v) is 15.1. The van der Waals surface area contributed by atoms with E-state index in [9.17, 15) is 46.0 Å². The van der Waals surface area contributed by atoms with E-state index in [0.717, 1.165) is 50.6 Å². The van der Waals surface area contributed by atoms with Gasteiger partial charge in [-0.3, -0.25) is 19.2 Å². The zero-order valence-corrected chi connectivity index (χ0v) is 32.9. The Labute approximate surface area is 328 Å². The molecule has 4 N–H and O–H groups in total. The molecule has 0 bridgehead atoms. The molecule has 0 aromatic heterocycles. The molecule has 21 heteroatoms. The number of carbonyl (C=O) groups is 6. The number of halogens is 2. The standard InChI is InChI=1S/C36H46F2N6O12S/c1-19(2)29(41-35(49)53-5)33(47)43-15-7-9-25(43)31(45)39-21-11-13-23(37)27(17-21)55-57(51,52)56-28-18-22(12-14-24(28)38)40-32(46)26-10-8-16-44(26)34(48)30(20(3)4)42-36(50)54-6/h11-14,17-20,25-26,29-30H,7-10,15-16H2,1-6H3,(H,39,45)(H,40,46)(H,41,49)(H,42,50)/t25-,26-,29+,30+/m0/s1. The third-order valence-electron chi connectivity index (χ3n) is 9.24. The van der Waals surface area contributed by atoms with Crippen molar-refractivity contribution in [1.82, 2.24) is 20.4 Å². The number of nitrogens with one attached hydrogen (secondary N) is 4. The maximum Gasteiger partial charge on any atom is 0.501 e. The fourth-order valence-corrected chi connectivity index (χ4v) is 7.07. The van der Waals surface area contributed by atoms with Gasteiger partial charge in [0.05, 0.1) is 14.2 Å². The highest BCUT2D eigenvalue weighted by atomic mass is 32.3. The van der Waals surface area contributed by atoms with Gasteiger partial charge in [-0.15, -0.1) is 8.42 Å². The summed E-state index contributed by atoms with van der Waals surface area (Å²) in [6, 6.07) is 1.60. The normalized spacial score (nSPS) is 17.7. The van der Waals surface area contributed by atoms with Gasteiger partial charge < -0.3 is 48.9 Å². The van der Waals surface area contributed by atoms with E-state index in [-0.39, 0.29) is 49.1 Å². The Morgan fingerprint density at radius 1 is 0.667 bits per heavy atom. The summed E-state index contributed by atoms with van der Waals surface area (Å²) in [4.78, 5) is 79.6. The van der Waals surface area contributed by atoms with Crippen molar-refractivity contribution < 1.29 is 63.8 Å². The van der Waals surface area contributed by atoms with Crippen molar-refractivity contribution in [1.29, 1.82) is 0 Å². The van der Waals surface area contributed by atoms with Crippen molar-refractivity contribution in [2.75, 3.05) is 37.9 Å². The van der Waals surface area contributed by atoms with Gasteiger partial charge in [-0.1, -0.05) is 27.7 Å². The maximum absolute atomic E-state index is 14.8. The van der Waals surface area contributed by atoms with E-state index in [1.165, 1.54) is 9.80 Å². The molecule has 18 nitrogen and oxygen atoms in total. The van der Waals surface area contributed by atoms with E-state index in [1.54, 1.807) is 27.7 Å². The summed E-state index contributed by atoms with van der Waals surface area (Å²) in [5.74, 6) is -7.32. The van der Waals surface area contributed by atoms with Crippen molar-refractivity contribution >= 4 is 57.6 Å². The monoisotopic (exact) mass is 824 g/mol. The summed E-state index contributed by atoms with van der Waals surface area (Å²) in [5, 5.41) is 9.95. The Bertz CT molecular complexity index is 1840. The number of nitrogens with zero attached hydrogens (tertiary/aromatic N) is 2. The van der Waals surface area contributed by atoms with E-state index in [0.29, 0.717) is 12.8 Å². The van der Waals surface area contributed by atoms with Gasteiger partial charge in [0.15, 0.2) is 23.1 Å². The Balaban J connectivity index is 1.43. The summed E-state index contributed by atoms with van der Waals surface area (Å²) < 4.78 is 74.2. The largest absolute Gasteiger partial charge is 0.501 e. The van der Waals surface area contributed by atoms with Crippen LogP contribution in [0.3, 0.4) is 0 Å². The van der Waals surface area contributed by atoms with Crippen LogP contribution in [-0.4, -0.2) is 106 Å². The minimum absolute atomic E-state index is 0.116. The number of methoxy groups -OCH3 is 2. The Hall–Kier alpha value is -5.73. The van der Waals surface area contributed by atoms with Crippen LogP contribution < -0.4 is 29.6 Å². The van der Waals surface area contributed by atoms with Crippen LogP contribution in [0.4, 0.5) is 29.7 Å². The Morgan fingerprint density at radius 2 is 1.04 bits per heavy atom. The lowest BCUT2D eigenvalue weighted by atomic mass is 10.0. The first-order chi connectivity index (χ1) is 26.8. The average molecular weight is 825 g/mol. The van der Waals surface area contributed by atoms with Crippen LogP contribution in [-0.2, 0) is 39.1 Å². The predicted molar refractivity (Wildman–Crippen MR) is 198 cm³/mol.